The fourth-order valence-corrected chi connectivity index (χ4v) is 2.09. The lowest BCUT2D eigenvalue weighted by atomic mass is 10.0. The van der Waals surface area contributed by atoms with Crippen LogP contribution in [-0.2, 0) is 9.53 Å². The lowest BCUT2D eigenvalue weighted by Gasteiger charge is -2.18. The fraction of sp³-hybridized carbons (Fsp3) is 0.500. The summed E-state index contributed by atoms with van der Waals surface area (Å²) in [5.74, 6) is 0.173. The molecule has 0 heterocycles. The molecule has 0 saturated heterocycles. The molecule has 3 nitrogen and oxygen atoms in total. The molecule has 1 unspecified atom stereocenters. The van der Waals surface area contributed by atoms with Crippen LogP contribution in [-0.4, -0.2) is 19.6 Å². The van der Waals surface area contributed by atoms with Gasteiger partial charge >= 0.3 is 5.97 Å². The molecule has 2 rings (SSSR count). The second-order valence-corrected chi connectivity index (χ2v) is 4.65. The van der Waals surface area contributed by atoms with Gasteiger partial charge in [-0.3, -0.25) is 4.79 Å². The molecule has 1 aliphatic rings. The number of ether oxygens (including phenoxy) is 1. The van der Waals surface area contributed by atoms with E-state index in [-0.39, 0.29) is 17.8 Å². The average molecular weight is 251 g/mol. The Kier molecular flexibility index (Phi) is 4.31. The first-order chi connectivity index (χ1) is 8.70. The molecule has 0 aromatic heterocycles. The smallest absolute Gasteiger partial charge is 0.306 e. The van der Waals surface area contributed by atoms with Crippen molar-refractivity contribution in [2.24, 2.45) is 5.92 Å². The topological polar surface area (TPSA) is 38.3 Å². The van der Waals surface area contributed by atoms with Crippen molar-refractivity contribution in [1.29, 1.82) is 0 Å². The van der Waals surface area contributed by atoms with Crippen molar-refractivity contribution in [3.05, 3.63) is 35.6 Å². The molecule has 1 aromatic rings. The van der Waals surface area contributed by atoms with Crippen molar-refractivity contribution in [2.45, 2.75) is 25.3 Å². The fourth-order valence-electron chi connectivity index (χ4n) is 2.09. The molecule has 1 N–H and O–H groups in total. The predicted molar refractivity (Wildman–Crippen MR) is 66.5 cm³/mol. The van der Waals surface area contributed by atoms with E-state index >= 15 is 0 Å². The molecule has 0 aliphatic heterocycles. The maximum atomic E-state index is 12.9. The normalized spacial score (nSPS) is 16.3. The van der Waals surface area contributed by atoms with Crippen LogP contribution in [0.1, 0.15) is 30.9 Å². The number of hydrogen-bond donors (Lipinski definition) is 1. The molecule has 1 fully saturated rings. The summed E-state index contributed by atoms with van der Waals surface area (Å²) in [5, 5.41) is 3.36. The molecule has 0 radical (unpaired) electrons. The largest absolute Gasteiger partial charge is 0.469 e. The van der Waals surface area contributed by atoms with E-state index in [4.69, 9.17) is 0 Å². The summed E-state index contributed by atoms with van der Waals surface area (Å²) < 4.78 is 17.5. The zero-order valence-corrected chi connectivity index (χ0v) is 10.5. The highest BCUT2D eigenvalue weighted by Crippen LogP contribution is 2.40. The zero-order valence-electron chi connectivity index (χ0n) is 10.5. The predicted octanol–water partition coefficient (Wildman–Crippen LogP) is 2.43. The number of carbonyl (C=O) groups excluding carboxylic acids is 1. The van der Waals surface area contributed by atoms with Crippen LogP contribution < -0.4 is 5.32 Å². The van der Waals surface area contributed by atoms with Gasteiger partial charge < -0.3 is 10.1 Å². The first kappa shape index (κ1) is 13.0. The second kappa shape index (κ2) is 5.96. The number of nitrogens with one attached hydrogen (secondary N) is 1. The SMILES string of the molecule is COC(=O)CCNC(c1ccc(F)cc1)C1CC1. The molecule has 0 spiro atoms. The Balaban J connectivity index is 1.92. The van der Waals surface area contributed by atoms with E-state index in [1.165, 1.54) is 32.1 Å². The van der Waals surface area contributed by atoms with Gasteiger partial charge in [-0.1, -0.05) is 12.1 Å². The third kappa shape index (κ3) is 3.53. The molecule has 0 bridgehead atoms. The van der Waals surface area contributed by atoms with Gasteiger partial charge in [0.05, 0.1) is 13.5 Å². The van der Waals surface area contributed by atoms with E-state index in [0.717, 1.165) is 5.56 Å². The number of halogens is 1. The quantitative estimate of drug-likeness (QED) is 0.789. The van der Waals surface area contributed by atoms with E-state index in [9.17, 15) is 9.18 Å². The highest BCUT2D eigenvalue weighted by atomic mass is 19.1. The van der Waals surface area contributed by atoms with Crippen LogP contribution in [0.25, 0.3) is 0 Å². The summed E-state index contributed by atoms with van der Waals surface area (Å²) in [4.78, 5) is 11.0. The van der Waals surface area contributed by atoms with Crippen molar-refractivity contribution in [3.8, 4) is 0 Å². The number of esters is 1. The van der Waals surface area contributed by atoms with Gasteiger partial charge in [-0.2, -0.15) is 0 Å². The molecular weight excluding hydrogens is 233 g/mol. The molecule has 1 aliphatic carbocycles. The molecule has 0 amide bonds. The van der Waals surface area contributed by atoms with Gasteiger partial charge in [0, 0.05) is 12.6 Å². The van der Waals surface area contributed by atoms with Crippen LogP contribution in [0.15, 0.2) is 24.3 Å². The average Bonchev–Trinajstić information content (AvgIpc) is 3.20. The summed E-state index contributed by atoms with van der Waals surface area (Å²) in [7, 11) is 1.39. The summed E-state index contributed by atoms with van der Waals surface area (Å²) in [6.07, 6.45) is 2.74. The van der Waals surface area contributed by atoms with E-state index in [1.54, 1.807) is 0 Å². The lowest BCUT2D eigenvalue weighted by molar-refractivity contribution is -0.140. The second-order valence-electron chi connectivity index (χ2n) is 4.65. The number of rotatable bonds is 6. The molecule has 4 heteroatoms. The van der Waals surface area contributed by atoms with Gasteiger partial charge in [-0.15, -0.1) is 0 Å². The molecular formula is C14H18FNO2. The zero-order chi connectivity index (χ0) is 13.0. The van der Waals surface area contributed by atoms with Crippen LogP contribution in [0.2, 0.25) is 0 Å². The summed E-state index contributed by atoms with van der Waals surface area (Å²) in [6, 6.07) is 6.79. The Labute approximate surface area is 106 Å². The number of methoxy groups -OCH3 is 1. The van der Waals surface area contributed by atoms with Crippen molar-refractivity contribution >= 4 is 5.97 Å². The van der Waals surface area contributed by atoms with Crippen molar-refractivity contribution in [2.75, 3.05) is 13.7 Å². The summed E-state index contributed by atoms with van der Waals surface area (Å²) >= 11 is 0. The third-order valence-corrected chi connectivity index (χ3v) is 3.24. The monoisotopic (exact) mass is 251 g/mol. The van der Waals surface area contributed by atoms with Crippen molar-refractivity contribution in [3.63, 3.8) is 0 Å². The van der Waals surface area contributed by atoms with Gasteiger partial charge in [0.15, 0.2) is 0 Å². The molecule has 1 atom stereocenters. The van der Waals surface area contributed by atoms with Crippen LogP contribution in [0, 0.1) is 11.7 Å². The van der Waals surface area contributed by atoms with Gasteiger partial charge in [-0.05, 0) is 36.5 Å². The van der Waals surface area contributed by atoms with Gasteiger partial charge in [0.2, 0.25) is 0 Å². The highest BCUT2D eigenvalue weighted by molar-refractivity contribution is 5.69. The van der Waals surface area contributed by atoms with E-state index in [0.29, 0.717) is 18.9 Å². The molecule has 98 valence electrons. The van der Waals surface area contributed by atoms with Crippen LogP contribution in [0.4, 0.5) is 4.39 Å². The Bertz CT molecular complexity index is 401. The minimum Gasteiger partial charge on any atom is -0.469 e. The van der Waals surface area contributed by atoms with Crippen molar-refractivity contribution in [1.82, 2.24) is 5.32 Å². The molecule has 1 saturated carbocycles. The van der Waals surface area contributed by atoms with Crippen molar-refractivity contribution < 1.29 is 13.9 Å². The number of carbonyl (C=O) groups is 1. The maximum absolute atomic E-state index is 12.9. The van der Waals surface area contributed by atoms with Crippen LogP contribution >= 0.6 is 0 Å². The van der Waals surface area contributed by atoms with Gasteiger partial charge in [-0.25, -0.2) is 4.39 Å². The first-order valence-corrected chi connectivity index (χ1v) is 6.26. The van der Waals surface area contributed by atoms with E-state index in [2.05, 4.69) is 10.1 Å². The number of benzene rings is 1. The highest BCUT2D eigenvalue weighted by Gasteiger charge is 2.31. The third-order valence-electron chi connectivity index (χ3n) is 3.24. The lowest BCUT2D eigenvalue weighted by Crippen LogP contribution is -2.26. The Morgan fingerprint density at radius 2 is 2.11 bits per heavy atom. The van der Waals surface area contributed by atoms with Crippen LogP contribution in [0.3, 0.4) is 0 Å². The maximum Gasteiger partial charge on any atom is 0.306 e. The van der Waals surface area contributed by atoms with E-state index < -0.39 is 0 Å². The minimum atomic E-state index is -0.220. The van der Waals surface area contributed by atoms with Crippen LogP contribution in [0.5, 0.6) is 0 Å². The minimum absolute atomic E-state index is 0.212. The standard InChI is InChI=1S/C14H18FNO2/c1-18-13(17)8-9-16-14(10-2-3-10)11-4-6-12(15)7-5-11/h4-7,10,14,16H,2-3,8-9H2,1H3. The molecule has 1 aromatic carbocycles. The Morgan fingerprint density at radius 3 is 2.67 bits per heavy atom. The molecule has 18 heavy (non-hydrogen) atoms. The Morgan fingerprint density at radius 1 is 1.44 bits per heavy atom. The summed E-state index contributed by atoms with van der Waals surface area (Å²) in [6.45, 7) is 0.589. The number of hydrogen-bond acceptors (Lipinski definition) is 3. The first-order valence-electron chi connectivity index (χ1n) is 6.26. The summed E-state index contributed by atoms with van der Waals surface area (Å²) in [5.41, 5.74) is 1.09. The Hall–Kier alpha value is -1.42. The van der Waals surface area contributed by atoms with Gasteiger partial charge in [0.1, 0.15) is 5.82 Å². The van der Waals surface area contributed by atoms with E-state index in [1.807, 2.05) is 12.1 Å². The van der Waals surface area contributed by atoms with Gasteiger partial charge in [0.25, 0.3) is 0 Å².